The fraction of sp³-hybridized carbons (Fsp3) is 0.727. The lowest BCUT2D eigenvalue weighted by Gasteiger charge is -2.29. The third-order valence-corrected chi connectivity index (χ3v) is 3.19. The minimum Gasteiger partial charge on any atom is -0.299 e. The lowest BCUT2D eigenvalue weighted by atomic mass is 9.74. The zero-order valence-electron chi connectivity index (χ0n) is 7.62. The Bertz CT molecular complexity index is 197. The topological polar surface area (TPSA) is 17.1 Å². The summed E-state index contributed by atoms with van der Waals surface area (Å²) in [7, 11) is 0. The monoisotopic (exact) mass is 164 g/mol. The van der Waals surface area contributed by atoms with E-state index in [0.717, 1.165) is 31.6 Å². The van der Waals surface area contributed by atoms with Crippen molar-refractivity contribution < 1.29 is 4.79 Å². The van der Waals surface area contributed by atoms with E-state index in [-0.39, 0.29) is 0 Å². The van der Waals surface area contributed by atoms with E-state index in [1.165, 1.54) is 0 Å². The van der Waals surface area contributed by atoms with E-state index in [0.29, 0.717) is 17.6 Å². The molecule has 0 N–H and O–H groups in total. The van der Waals surface area contributed by atoms with Gasteiger partial charge in [-0.25, -0.2) is 0 Å². The second-order valence-electron chi connectivity index (χ2n) is 4.32. The van der Waals surface area contributed by atoms with Gasteiger partial charge in [0, 0.05) is 11.8 Å². The summed E-state index contributed by atoms with van der Waals surface area (Å²) in [5, 5.41) is 0. The second-order valence-corrected chi connectivity index (χ2v) is 4.32. The van der Waals surface area contributed by atoms with Gasteiger partial charge in [0.1, 0.15) is 5.78 Å². The van der Waals surface area contributed by atoms with Gasteiger partial charge >= 0.3 is 0 Å². The molecule has 0 spiro atoms. The molecule has 3 atom stereocenters. The average Bonchev–Trinajstić information content (AvgIpc) is 2.19. The van der Waals surface area contributed by atoms with E-state index < -0.39 is 0 Å². The largest absolute Gasteiger partial charge is 0.299 e. The minimum atomic E-state index is 0.359. The molecule has 1 nitrogen and oxygen atoms in total. The summed E-state index contributed by atoms with van der Waals surface area (Å²) >= 11 is 0. The SMILES string of the molecule is CC1C[C@H]2CC=CC[C@@H](C1)C2=O. The van der Waals surface area contributed by atoms with Crippen LogP contribution in [0.5, 0.6) is 0 Å². The van der Waals surface area contributed by atoms with Gasteiger partial charge in [-0.05, 0) is 31.6 Å². The summed E-state index contributed by atoms with van der Waals surface area (Å²) in [4.78, 5) is 11.7. The lowest BCUT2D eigenvalue weighted by molar-refractivity contribution is -0.129. The molecule has 0 radical (unpaired) electrons. The maximum atomic E-state index is 11.7. The molecule has 0 heterocycles. The van der Waals surface area contributed by atoms with E-state index in [4.69, 9.17) is 0 Å². The first-order valence-electron chi connectivity index (χ1n) is 4.96. The molecule has 1 fully saturated rings. The van der Waals surface area contributed by atoms with Crippen molar-refractivity contribution in [1.29, 1.82) is 0 Å². The molecule has 2 aliphatic rings. The number of hydrogen-bond donors (Lipinski definition) is 0. The standard InChI is InChI=1S/C11H16O/c1-8-6-9-4-2-3-5-10(7-8)11(9)12/h2-3,8-10H,4-7H2,1H3/t8?,9-,10+. The average molecular weight is 164 g/mol. The zero-order valence-corrected chi connectivity index (χ0v) is 7.62. The van der Waals surface area contributed by atoms with E-state index in [9.17, 15) is 4.79 Å². The molecule has 0 aromatic heterocycles. The van der Waals surface area contributed by atoms with Crippen LogP contribution in [0.4, 0.5) is 0 Å². The van der Waals surface area contributed by atoms with E-state index in [1.807, 2.05) is 0 Å². The van der Waals surface area contributed by atoms with Crippen molar-refractivity contribution in [2.75, 3.05) is 0 Å². The van der Waals surface area contributed by atoms with Gasteiger partial charge in [0.15, 0.2) is 0 Å². The van der Waals surface area contributed by atoms with Gasteiger partial charge in [-0.1, -0.05) is 19.1 Å². The van der Waals surface area contributed by atoms with Crippen LogP contribution >= 0.6 is 0 Å². The Morgan fingerprint density at radius 3 is 2.17 bits per heavy atom. The first-order chi connectivity index (χ1) is 5.77. The maximum absolute atomic E-state index is 11.7. The van der Waals surface area contributed by atoms with Crippen LogP contribution in [-0.2, 0) is 4.79 Å². The Kier molecular flexibility index (Phi) is 2.03. The molecule has 0 aliphatic heterocycles. The fourth-order valence-corrected chi connectivity index (χ4v) is 2.58. The van der Waals surface area contributed by atoms with Gasteiger partial charge in [0.05, 0.1) is 0 Å². The molecule has 0 amide bonds. The first kappa shape index (κ1) is 8.03. The summed E-state index contributed by atoms with van der Waals surface area (Å²) in [6.45, 7) is 2.28. The highest BCUT2D eigenvalue weighted by atomic mass is 16.1. The van der Waals surface area contributed by atoms with Crippen molar-refractivity contribution in [1.82, 2.24) is 0 Å². The predicted octanol–water partition coefficient (Wildman–Crippen LogP) is 2.57. The number of hydrogen-bond acceptors (Lipinski definition) is 1. The van der Waals surface area contributed by atoms with Crippen molar-refractivity contribution >= 4 is 5.78 Å². The second kappa shape index (κ2) is 3.04. The minimum absolute atomic E-state index is 0.359. The molecule has 12 heavy (non-hydrogen) atoms. The van der Waals surface area contributed by atoms with Crippen molar-refractivity contribution in [3.8, 4) is 0 Å². The highest BCUT2D eigenvalue weighted by Gasteiger charge is 2.34. The maximum Gasteiger partial charge on any atom is 0.139 e. The predicted molar refractivity (Wildman–Crippen MR) is 48.8 cm³/mol. The van der Waals surface area contributed by atoms with Crippen molar-refractivity contribution in [2.45, 2.75) is 32.6 Å². The van der Waals surface area contributed by atoms with Crippen LogP contribution in [0.25, 0.3) is 0 Å². The molecule has 1 unspecified atom stereocenters. The van der Waals surface area contributed by atoms with Gasteiger partial charge in [-0.15, -0.1) is 0 Å². The highest BCUT2D eigenvalue weighted by Crippen LogP contribution is 2.36. The molecule has 0 aromatic carbocycles. The lowest BCUT2D eigenvalue weighted by Crippen LogP contribution is -2.30. The summed E-state index contributed by atoms with van der Waals surface area (Å²) in [5.74, 6) is 2.02. The van der Waals surface area contributed by atoms with Gasteiger partial charge in [-0.2, -0.15) is 0 Å². The highest BCUT2D eigenvalue weighted by molar-refractivity contribution is 5.84. The third kappa shape index (κ3) is 1.33. The summed E-state index contributed by atoms with van der Waals surface area (Å²) in [6.07, 6.45) is 8.64. The van der Waals surface area contributed by atoms with E-state index >= 15 is 0 Å². The van der Waals surface area contributed by atoms with Gasteiger partial charge in [-0.3, -0.25) is 4.79 Å². The number of fused-ring (bicyclic) bond motifs is 2. The van der Waals surface area contributed by atoms with Crippen LogP contribution in [0.3, 0.4) is 0 Å². The molecule has 2 bridgehead atoms. The molecule has 1 saturated carbocycles. The van der Waals surface area contributed by atoms with Crippen molar-refractivity contribution in [2.24, 2.45) is 17.8 Å². The fourth-order valence-electron chi connectivity index (χ4n) is 2.58. The smallest absolute Gasteiger partial charge is 0.139 e. The Balaban J connectivity index is 2.19. The van der Waals surface area contributed by atoms with Crippen molar-refractivity contribution in [3.63, 3.8) is 0 Å². The van der Waals surface area contributed by atoms with Gasteiger partial charge in [0.25, 0.3) is 0 Å². The van der Waals surface area contributed by atoms with Crippen LogP contribution in [-0.4, -0.2) is 5.78 Å². The molecular weight excluding hydrogens is 148 g/mol. The van der Waals surface area contributed by atoms with E-state index in [2.05, 4.69) is 19.1 Å². The third-order valence-electron chi connectivity index (χ3n) is 3.19. The molecule has 0 saturated heterocycles. The molecule has 2 aliphatic carbocycles. The summed E-state index contributed by atoms with van der Waals surface area (Å²) in [5.41, 5.74) is 0. The molecule has 0 aromatic rings. The zero-order chi connectivity index (χ0) is 8.55. The normalized spacial score (nSPS) is 41.1. The Hall–Kier alpha value is -0.590. The van der Waals surface area contributed by atoms with Crippen LogP contribution in [0.2, 0.25) is 0 Å². The quantitative estimate of drug-likeness (QED) is 0.503. The number of Topliss-reactive ketones (excluding diaryl/α,β-unsaturated/α-hetero) is 1. The van der Waals surface area contributed by atoms with Crippen LogP contribution in [0, 0.1) is 17.8 Å². The number of ketones is 1. The van der Waals surface area contributed by atoms with Crippen LogP contribution < -0.4 is 0 Å². The van der Waals surface area contributed by atoms with Gasteiger partial charge < -0.3 is 0 Å². The number of carbonyl (C=O) groups excluding carboxylic acids is 1. The number of carbonyl (C=O) groups is 1. The van der Waals surface area contributed by atoms with Gasteiger partial charge in [0.2, 0.25) is 0 Å². The number of allylic oxidation sites excluding steroid dienone is 2. The first-order valence-corrected chi connectivity index (χ1v) is 4.96. The molecule has 1 heteroatoms. The molecule has 66 valence electrons. The van der Waals surface area contributed by atoms with Crippen LogP contribution in [0.1, 0.15) is 32.6 Å². The Labute approximate surface area is 73.8 Å². The Morgan fingerprint density at radius 1 is 1.17 bits per heavy atom. The molecular formula is C11H16O. The Morgan fingerprint density at radius 2 is 1.67 bits per heavy atom. The van der Waals surface area contributed by atoms with E-state index in [1.54, 1.807) is 0 Å². The van der Waals surface area contributed by atoms with Crippen LogP contribution in [0.15, 0.2) is 12.2 Å². The number of rotatable bonds is 0. The molecule has 2 rings (SSSR count). The summed E-state index contributed by atoms with van der Waals surface area (Å²) < 4.78 is 0. The summed E-state index contributed by atoms with van der Waals surface area (Å²) in [6, 6.07) is 0. The van der Waals surface area contributed by atoms with Crippen molar-refractivity contribution in [3.05, 3.63) is 12.2 Å².